The largest absolute Gasteiger partial charge is 0.355 e. The van der Waals surface area contributed by atoms with Crippen LogP contribution in [0.15, 0.2) is 133 Å². The minimum Gasteiger partial charge on any atom is -0.355 e. The lowest BCUT2D eigenvalue weighted by Gasteiger charge is -2.33. The van der Waals surface area contributed by atoms with Gasteiger partial charge in [-0.05, 0) is 154 Å². The number of aromatic nitrogens is 4. The molecule has 0 radical (unpaired) electrons. The van der Waals surface area contributed by atoms with Gasteiger partial charge in [-0.3, -0.25) is 0 Å². The van der Waals surface area contributed by atoms with E-state index in [4.69, 9.17) is 0 Å². The molecular weight excluding hydrogens is 993 g/mol. The number of fused-ring (bicyclic) bond motifs is 14. The lowest BCUT2D eigenvalue weighted by atomic mass is 9.70. The van der Waals surface area contributed by atoms with Crippen molar-refractivity contribution in [2.75, 3.05) is 0 Å². The average Bonchev–Trinajstić information content (AvgIpc) is 4.48. The van der Waals surface area contributed by atoms with Crippen molar-refractivity contribution in [3.05, 3.63) is 211 Å². The summed E-state index contributed by atoms with van der Waals surface area (Å²) in [6.45, 7) is 9.31. The molecule has 11 rings (SSSR count). The van der Waals surface area contributed by atoms with E-state index in [9.17, 15) is 0 Å². The number of unbranched alkanes of at least 4 members (excludes halogenated alkanes) is 20. The summed E-state index contributed by atoms with van der Waals surface area (Å²) in [4.78, 5) is 15.8. The van der Waals surface area contributed by atoms with Crippen molar-refractivity contribution in [3.8, 4) is 22.3 Å². The zero-order valence-electron chi connectivity index (χ0n) is 50.7. The molecule has 0 amide bonds. The molecule has 4 N–H and O–H groups in total. The number of benzene rings is 4. The summed E-state index contributed by atoms with van der Waals surface area (Å²) in [5.41, 5.74) is 21.2. The Balaban J connectivity index is 0.986. The highest BCUT2D eigenvalue weighted by atomic mass is 14.8. The van der Waals surface area contributed by atoms with Gasteiger partial charge in [-0.1, -0.05) is 255 Å². The molecule has 0 unspecified atom stereocenters. The van der Waals surface area contributed by atoms with Gasteiger partial charge in [0.25, 0.3) is 0 Å². The van der Waals surface area contributed by atoms with E-state index >= 15 is 0 Å². The van der Waals surface area contributed by atoms with Crippen molar-refractivity contribution in [2.45, 2.75) is 218 Å². The van der Waals surface area contributed by atoms with Crippen LogP contribution in [0.3, 0.4) is 0 Å². The third-order valence-electron chi connectivity index (χ3n) is 19.5. The zero-order chi connectivity index (χ0) is 56.1. The molecule has 8 bridgehead atoms. The van der Waals surface area contributed by atoms with Gasteiger partial charge in [-0.2, -0.15) is 0 Å². The van der Waals surface area contributed by atoms with E-state index in [-0.39, 0.29) is 10.8 Å². The summed E-state index contributed by atoms with van der Waals surface area (Å²) in [5, 5.41) is 4.39. The molecule has 4 aromatic carbocycles. The average molecular weight is 1090 g/mol. The molecule has 0 spiro atoms. The normalized spacial score (nSPS) is 14.3. The first-order valence-electron chi connectivity index (χ1n) is 33.2. The van der Waals surface area contributed by atoms with Crippen LogP contribution in [0.1, 0.15) is 264 Å². The van der Waals surface area contributed by atoms with E-state index in [1.54, 1.807) is 11.1 Å². The molecule has 4 heteroatoms. The van der Waals surface area contributed by atoms with Crippen LogP contribution in [0.5, 0.6) is 0 Å². The van der Waals surface area contributed by atoms with Crippen LogP contribution in [-0.2, 0) is 10.8 Å². The van der Waals surface area contributed by atoms with Gasteiger partial charge in [-0.15, -0.1) is 0 Å². The highest BCUT2D eigenvalue weighted by Crippen LogP contribution is 2.56. The summed E-state index contributed by atoms with van der Waals surface area (Å²) < 4.78 is 0. The summed E-state index contributed by atoms with van der Waals surface area (Å²) >= 11 is 0. The molecule has 428 valence electrons. The lowest BCUT2D eigenvalue weighted by Crippen LogP contribution is -2.26. The van der Waals surface area contributed by atoms with Gasteiger partial charge in [0.05, 0.1) is 0 Å². The molecule has 5 heterocycles. The van der Waals surface area contributed by atoms with Gasteiger partial charge in [0.15, 0.2) is 0 Å². The van der Waals surface area contributed by atoms with Crippen LogP contribution < -0.4 is 21.4 Å². The second-order valence-corrected chi connectivity index (χ2v) is 25.2. The summed E-state index contributed by atoms with van der Waals surface area (Å²) in [7, 11) is 0. The van der Waals surface area contributed by atoms with Crippen molar-refractivity contribution < 1.29 is 0 Å². The van der Waals surface area contributed by atoms with Gasteiger partial charge in [0.2, 0.25) is 0 Å². The molecule has 4 aromatic heterocycles. The Morgan fingerprint density at radius 2 is 0.634 bits per heavy atom. The predicted molar refractivity (Wildman–Crippen MR) is 349 cm³/mol. The molecule has 0 saturated carbocycles. The maximum Gasteiger partial charge on any atom is 0.0485 e. The summed E-state index contributed by atoms with van der Waals surface area (Å²) in [6, 6.07) is 52.1. The first-order chi connectivity index (χ1) is 40.5. The Kier molecular flexibility index (Phi) is 19.0. The molecule has 0 fully saturated rings. The van der Waals surface area contributed by atoms with Crippen LogP contribution in [0.4, 0.5) is 0 Å². The molecule has 3 aliphatic rings. The minimum absolute atomic E-state index is 0.00120. The molecule has 1 aliphatic heterocycles. The van der Waals surface area contributed by atoms with Crippen LogP contribution in [0, 0.1) is 0 Å². The van der Waals surface area contributed by atoms with Crippen LogP contribution in [0.25, 0.3) is 45.6 Å². The van der Waals surface area contributed by atoms with E-state index in [1.165, 1.54) is 235 Å². The number of nitrogens with one attached hydrogen (secondary N) is 4. The maximum atomic E-state index is 3.96. The van der Waals surface area contributed by atoms with E-state index in [2.05, 4.69) is 193 Å². The first kappa shape index (κ1) is 57.3. The highest BCUT2D eigenvalue weighted by molar-refractivity contribution is 5.87. The van der Waals surface area contributed by atoms with E-state index in [1.807, 2.05) is 0 Å². The number of hydrogen-bond acceptors (Lipinski definition) is 0. The Morgan fingerprint density at radius 1 is 0.293 bits per heavy atom. The molecular formula is C78H96N4. The smallest absolute Gasteiger partial charge is 0.0485 e. The van der Waals surface area contributed by atoms with Gasteiger partial charge >= 0.3 is 0 Å². The van der Waals surface area contributed by atoms with Crippen LogP contribution in [0.2, 0.25) is 0 Å². The Morgan fingerprint density at radius 3 is 1.01 bits per heavy atom. The van der Waals surface area contributed by atoms with Crippen molar-refractivity contribution in [1.29, 1.82) is 0 Å². The lowest BCUT2D eigenvalue weighted by molar-refractivity contribution is 0.398. The van der Waals surface area contributed by atoms with Crippen molar-refractivity contribution in [3.63, 3.8) is 0 Å². The Bertz CT molecular complexity index is 3370. The number of hydrogen-bond donors (Lipinski definition) is 4. The van der Waals surface area contributed by atoms with Crippen molar-refractivity contribution >= 4 is 23.3 Å². The Hall–Kier alpha value is -6.52. The van der Waals surface area contributed by atoms with Gasteiger partial charge in [-0.25, -0.2) is 0 Å². The number of H-pyrrole nitrogens is 4. The van der Waals surface area contributed by atoms with E-state index in [0.717, 1.165) is 44.2 Å². The zero-order valence-corrected chi connectivity index (χ0v) is 50.7. The maximum absolute atomic E-state index is 3.96. The first-order valence-corrected chi connectivity index (χ1v) is 33.2. The van der Waals surface area contributed by atoms with Gasteiger partial charge in [0, 0.05) is 66.1 Å². The number of aromatic amines is 4. The molecule has 8 aromatic rings. The highest BCUT2D eigenvalue weighted by Gasteiger charge is 2.44. The molecule has 0 saturated heterocycles. The van der Waals surface area contributed by atoms with Gasteiger partial charge in [0.1, 0.15) is 0 Å². The van der Waals surface area contributed by atoms with Crippen LogP contribution in [-0.4, -0.2) is 19.9 Å². The third-order valence-corrected chi connectivity index (χ3v) is 19.5. The quantitative estimate of drug-likeness (QED) is 0.0324. The fraction of sp³-hybridized carbons (Fsp3) is 0.436. The molecule has 82 heavy (non-hydrogen) atoms. The van der Waals surface area contributed by atoms with Crippen molar-refractivity contribution in [1.82, 2.24) is 19.9 Å². The second kappa shape index (κ2) is 27.3. The minimum atomic E-state index is 0.00120. The fourth-order valence-electron chi connectivity index (χ4n) is 15.2. The Labute approximate surface area is 492 Å². The number of rotatable bonds is 30. The molecule has 0 atom stereocenters. The molecule has 2 aliphatic carbocycles. The second-order valence-electron chi connectivity index (χ2n) is 25.2. The topological polar surface area (TPSA) is 63.2 Å². The van der Waals surface area contributed by atoms with Crippen LogP contribution >= 0.6 is 0 Å². The van der Waals surface area contributed by atoms with E-state index in [0.29, 0.717) is 0 Å². The monoisotopic (exact) mass is 1090 g/mol. The summed E-state index contributed by atoms with van der Waals surface area (Å²) in [5.74, 6) is 0. The van der Waals surface area contributed by atoms with Gasteiger partial charge < -0.3 is 19.9 Å². The SMILES string of the molecule is CCCCCCCCC1(CCCCCCCC)c2ccccc2-c2ccc(C3=c4ccc([nH]4)=Cc4ccc([nH]4)C(c4ccc5c(c4)C(CCCCCCCC)(CCCCCCCC)c4ccccc4-5)=c4ccc([nH]4)=Cc4ccc3[nH]4)cc21. The van der Waals surface area contributed by atoms with E-state index < -0.39 is 0 Å². The molecule has 4 nitrogen and oxygen atoms in total. The predicted octanol–water partition coefficient (Wildman–Crippen LogP) is 19.0. The fourth-order valence-corrected chi connectivity index (χ4v) is 15.2. The summed E-state index contributed by atoms with van der Waals surface area (Å²) in [6.07, 6.45) is 41.0. The standard InChI is InChI=1S/C78H96N4/c1-5-9-13-17-21-29-49-77(50-30-22-18-14-10-6-2)67-35-27-25-33-63(67)65-43-37-57(53-69(65)77)75-71-45-39-59(79-71)55-61-41-47-73(81-61)76(74-48-42-62(82-74)56-60-40-46-72(75)80-60)58-38-44-66-64-34-26-28-36-68(64)78(70(66)54-58,51-31-23-19-15-11-7-3)52-32-24-20-16-12-8-4/h25-28,33-48,53-56,79-82H,5-24,29-32,49-52H2,1-4H3. The third kappa shape index (κ3) is 12.3. The van der Waals surface area contributed by atoms with Crippen molar-refractivity contribution in [2.24, 2.45) is 0 Å².